The Morgan fingerprint density at radius 3 is 2.34 bits per heavy atom. The van der Waals surface area contributed by atoms with E-state index in [1.165, 1.54) is 12.1 Å². The molecule has 0 amide bonds. The summed E-state index contributed by atoms with van der Waals surface area (Å²) in [7, 11) is 0. The summed E-state index contributed by atoms with van der Waals surface area (Å²) in [5, 5.41) is 11.0. The summed E-state index contributed by atoms with van der Waals surface area (Å²) in [5.74, 6) is 0.411. The molecule has 0 atom stereocenters. The normalized spacial score (nSPS) is 11.0. The van der Waals surface area contributed by atoms with Crippen LogP contribution < -0.4 is 4.74 Å². The first kappa shape index (κ1) is 18.3. The number of hydrogen-bond donors (Lipinski definition) is 0. The number of fused-ring (bicyclic) bond motifs is 1. The predicted octanol–water partition coefficient (Wildman–Crippen LogP) is 5.29. The molecule has 0 saturated carbocycles. The van der Waals surface area contributed by atoms with Gasteiger partial charge in [0.05, 0.1) is 16.0 Å². The van der Waals surface area contributed by atoms with E-state index in [0.29, 0.717) is 23.7 Å². The second-order valence-electron chi connectivity index (χ2n) is 6.36. The number of hydrogen-bond acceptors (Lipinski definition) is 5. The Morgan fingerprint density at radius 2 is 1.59 bits per heavy atom. The number of rotatable bonds is 6. The lowest BCUT2D eigenvalue weighted by atomic mass is 10.1. The molecule has 1 heterocycles. The lowest BCUT2D eigenvalue weighted by molar-refractivity contribution is -0.384. The summed E-state index contributed by atoms with van der Waals surface area (Å²) in [6.45, 7) is 0.367. The minimum absolute atomic E-state index is 0.0392. The highest BCUT2D eigenvalue weighted by Crippen LogP contribution is 2.23. The summed E-state index contributed by atoms with van der Waals surface area (Å²) < 4.78 is 5.95. The minimum Gasteiger partial charge on any atom is -0.471 e. The minimum atomic E-state index is -0.415. The smallest absolute Gasteiger partial charge is 0.270 e. The molecule has 0 aliphatic rings. The Morgan fingerprint density at radius 1 is 0.862 bits per heavy atom. The summed E-state index contributed by atoms with van der Waals surface area (Å²) in [6.07, 6.45) is 3.53. The Balaban J connectivity index is 1.67. The van der Waals surface area contributed by atoms with Crippen molar-refractivity contribution in [2.24, 2.45) is 0 Å². The van der Waals surface area contributed by atoms with Gasteiger partial charge < -0.3 is 4.74 Å². The summed E-state index contributed by atoms with van der Waals surface area (Å²) in [5.41, 5.74) is 3.81. The maximum absolute atomic E-state index is 11.0. The summed E-state index contributed by atoms with van der Waals surface area (Å²) >= 11 is 0. The molecule has 0 aliphatic heterocycles. The van der Waals surface area contributed by atoms with Crippen molar-refractivity contribution in [2.45, 2.75) is 6.61 Å². The van der Waals surface area contributed by atoms with Crippen LogP contribution in [0.5, 0.6) is 5.88 Å². The van der Waals surface area contributed by atoms with Gasteiger partial charge in [0.25, 0.3) is 5.69 Å². The summed E-state index contributed by atoms with van der Waals surface area (Å²) in [4.78, 5) is 19.8. The molecule has 0 spiro atoms. The lowest BCUT2D eigenvalue weighted by Crippen LogP contribution is -2.01. The molecule has 0 radical (unpaired) electrons. The maximum Gasteiger partial charge on any atom is 0.270 e. The van der Waals surface area contributed by atoms with Crippen LogP contribution >= 0.6 is 0 Å². The van der Waals surface area contributed by atoms with Gasteiger partial charge in [0.2, 0.25) is 5.88 Å². The largest absolute Gasteiger partial charge is 0.471 e. The van der Waals surface area contributed by atoms with E-state index in [9.17, 15) is 10.1 Å². The average molecular weight is 383 g/mol. The molecule has 4 rings (SSSR count). The van der Waals surface area contributed by atoms with Crippen LogP contribution in [0.2, 0.25) is 0 Å². The third-order valence-corrected chi connectivity index (χ3v) is 4.30. The van der Waals surface area contributed by atoms with Crippen molar-refractivity contribution in [2.75, 3.05) is 0 Å². The molecule has 142 valence electrons. The standard InChI is InChI=1S/C23H17N3O3/c27-26(28)19-10-6-9-17(15-19)13-14-22-23(29-16-18-7-2-1-3-8-18)25-21-12-5-4-11-20(21)24-22/h1-15H,16H2. The predicted molar refractivity (Wildman–Crippen MR) is 112 cm³/mol. The fraction of sp³-hybridized carbons (Fsp3) is 0.0435. The Kier molecular flexibility index (Phi) is 5.25. The number of benzene rings is 3. The molecule has 29 heavy (non-hydrogen) atoms. The molecular weight excluding hydrogens is 366 g/mol. The van der Waals surface area contributed by atoms with Gasteiger partial charge in [-0.3, -0.25) is 10.1 Å². The number of ether oxygens (including phenoxy) is 1. The van der Waals surface area contributed by atoms with Gasteiger partial charge in [0.15, 0.2) is 0 Å². The van der Waals surface area contributed by atoms with Gasteiger partial charge in [-0.2, -0.15) is 0 Å². The maximum atomic E-state index is 11.0. The average Bonchev–Trinajstić information content (AvgIpc) is 2.77. The second kappa shape index (κ2) is 8.31. The molecular formula is C23H17N3O3. The molecule has 0 bridgehead atoms. The molecule has 0 fully saturated rings. The van der Waals surface area contributed by atoms with Crippen LogP contribution in [-0.2, 0) is 6.61 Å². The van der Waals surface area contributed by atoms with E-state index in [2.05, 4.69) is 9.97 Å². The molecule has 3 aromatic carbocycles. The molecule has 0 unspecified atom stereocenters. The molecule has 6 nitrogen and oxygen atoms in total. The molecule has 4 aromatic rings. The molecule has 0 aliphatic carbocycles. The first-order valence-electron chi connectivity index (χ1n) is 9.05. The fourth-order valence-corrected chi connectivity index (χ4v) is 2.86. The quantitative estimate of drug-likeness (QED) is 0.334. The van der Waals surface area contributed by atoms with Gasteiger partial charge in [0, 0.05) is 12.1 Å². The zero-order chi connectivity index (χ0) is 20.1. The van der Waals surface area contributed by atoms with Gasteiger partial charge >= 0.3 is 0 Å². The number of nitro groups is 1. The van der Waals surface area contributed by atoms with Gasteiger partial charge in [-0.1, -0.05) is 60.7 Å². The number of aromatic nitrogens is 2. The Hall–Kier alpha value is -4.06. The molecule has 0 saturated heterocycles. The van der Waals surface area contributed by atoms with E-state index in [1.54, 1.807) is 24.3 Å². The fourth-order valence-electron chi connectivity index (χ4n) is 2.86. The van der Waals surface area contributed by atoms with Crippen LogP contribution in [0.25, 0.3) is 23.2 Å². The SMILES string of the molecule is O=[N+]([O-])c1cccc(C=Cc2nc3ccccc3nc2OCc2ccccc2)c1. The van der Waals surface area contributed by atoms with E-state index in [1.807, 2.05) is 54.6 Å². The van der Waals surface area contributed by atoms with Crippen molar-refractivity contribution in [1.29, 1.82) is 0 Å². The van der Waals surface area contributed by atoms with E-state index < -0.39 is 4.92 Å². The van der Waals surface area contributed by atoms with E-state index in [-0.39, 0.29) is 5.69 Å². The van der Waals surface area contributed by atoms with Gasteiger partial charge in [-0.05, 0) is 29.3 Å². The number of para-hydroxylation sites is 2. The highest BCUT2D eigenvalue weighted by atomic mass is 16.6. The van der Waals surface area contributed by atoms with Gasteiger partial charge in [-0.15, -0.1) is 0 Å². The van der Waals surface area contributed by atoms with Crippen LogP contribution in [0.4, 0.5) is 5.69 Å². The zero-order valence-corrected chi connectivity index (χ0v) is 15.4. The Bertz CT molecular complexity index is 1190. The van der Waals surface area contributed by atoms with Crippen molar-refractivity contribution in [1.82, 2.24) is 9.97 Å². The lowest BCUT2D eigenvalue weighted by Gasteiger charge is -2.09. The van der Waals surface area contributed by atoms with Crippen LogP contribution in [0.3, 0.4) is 0 Å². The van der Waals surface area contributed by atoms with Crippen LogP contribution in [0, 0.1) is 10.1 Å². The van der Waals surface area contributed by atoms with Crippen LogP contribution in [0.1, 0.15) is 16.8 Å². The van der Waals surface area contributed by atoms with Crippen molar-refractivity contribution in [3.63, 3.8) is 0 Å². The van der Waals surface area contributed by atoms with Gasteiger partial charge in [-0.25, -0.2) is 9.97 Å². The number of nitro benzene ring substituents is 1. The van der Waals surface area contributed by atoms with Crippen LogP contribution in [-0.4, -0.2) is 14.9 Å². The molecule has 1 aromatic heterocycles. The van der Waals surface area contributed by atoms with E-state index in [0.717, 1.165) is 16.6 Å². The van der Waals surface area contributed by atoms with Crippen molar-refractivity contribution in [3.8, 4) is 5.88 Å². The molecule has 0 N–H and O–H groups in total. The number of non-ortho nitro benzene ring substituents is 1. The first-order valence-corrected chi connectivity index (χ1v) is 9.05. The third-order valence-electron chi connectivity index (χ3n) is 4.30. The molecule has 6 heteroatoms. The van der Waals surface area contributed by atoms with Crippen LogP contribution in [0.15, 0.2) is 78.9 Å². The van der Waals surface area contributed by atoms with E-state index in [4.69, 9.17) is 4.74 Å². The second-order valence-corrected chi connectivity index (χ2v) is 6.36. The highest BCUT2D eigenvalue weighted by molar-refractivity contribution is 5.79. The van der Waals surface area contributed by atoms with Gasteiger partial charge in [0.1, 0.15) is 12.3 Å². The highest BCUT2D eigenvalue weighted by Gasteiger charge is 2.09. The van der Waals surface area contributed by atoms with Crippen molar-refractivity contribution < 1.29 is 9.66 Å². The Labute approximate surface area is 167 Å². The van der Waals surface area contributed by atoms with Crippen molar-refractivity contribution in [3.05, 3.63) is 106 Å². The topological polar surface area (TPSA) is 78.2 Å². The zero-order valence-electron chi connectivity index (χ0n) is 15.4. The monoisotopic (exact) mass is 383 g/mol. The van der Waals surface area contributed by atoms with E-state index >= 15 is 0 Å². The van der Waals surface area contributed by atoms with Crippen molar-refractivity contribution >= 4 is 28.9 Å². The summed E-state index contributed by atoms with van der Waals surface area (Å²) in [6, 6.07) is 23.8. The number of nitrogens with zero attached hydrogens (tertiary/aromatic N) is 3. The first-order chi connectivity index (χ1) is 14.2. The third kappa shape index (κ3) is 4.44.